The summed E-state index contributed by atoms with van der Waals surface area (Å²) in [4.78, 5) is 4.07. The molecule has 370 valence electrons. The van der Waals surface area contributed by atoms with E-state index >= 15 is 0 Å². The summed E-state index contributed by atoms with van der Waals surface area (Å²) >= 11 is 3.35. The van der Waals surface area contributed by atoms with Gasteiger partial charge in [-0.3, -0.25) is 0 Å². The number of hydrogen-bond acceptors (Lipinski definition) is 8. The molecule has 0 aromatic heterocycles. The van der Waals surface area contributed by atoms with Gasteiger partial charge in [0.1, 0.15) is 34.5 Å². The van der Waals surface area contributed by atoms with Crippen LogP contribution in [0.3, 0.4) is 0 Å². The van der Waals surface area contributed by atoms with Gasteiger partial charge >= 0.3 is 17.2 Å². The Bertz CT molecular complexity index is 2830. The lowest BCUT2D eigenvalue weighted by Gasteiger charge is -2.34. The highest BCUT2D eigenvalue weighted by Crippen LogP contribution is 2.57. The van der Waals surface area contributed by atoms with E-state index in [9.17, 15) is 0 Å². The standard InChI is InChI=1S/C60H72O6P2S2/c1-55(2,3)37-58(10,11)40-30-33-52-50(34-40)66-68(65-49-32-29-42(36-54(49)70-52)60(14,15)39-57(7,8)9)62-46-25-19-17-23-44(46)43-22-16-18-24-45(43)61-67-63-47-26-20-21-27-51(47)69-53-35-41(28-31-48(53)64-67)59(12,13)38-56(4,5)6/h16-36H,37-39H2,1-15H3. The molecule has 70 heavy (non-hydrogen) atoms. The van der Waals surface area contributed by atoms with Gasteiger partial charge in [0.25, 0.3) is 0 Å². The first kappa shape index (κ1) is 52.0. The lowest BCUT2D eigenvalue weighted by atomic mass is 9.72. The van der Waals surface area contributed by atoms with Crippen molar-refractivity contribution in [1.82, 2.24) is 0 Å². The van der Waals surface area contributed by atoms with Crippen molar-refractivity contribution in [2.24, 2.45) is 16.2 Å². The molecule has 6 aromatic carbocycles. The summed E-state index contributed by atoms with van der Waals surface area (Å²) in [6, 6.07) is 43.8. The normalized spacial score (nSPS) is 16.4. The molecular formula is C60H72O6P2S2. The van der Waals surface area contributed by atoms with Crippen LogP contribution in [0.15, 0.2) is 147 Å². The zero-order valence-electron chi connectivity index (χ0n) is 43.9. The minimum atomic E-state index is -2.02. The van der Waals surface area contributed by atoms with Crippen LogP contribution < -0.4 is 27.1 Å². The lowest BCUT2D eigenvalue weighted by molar-refractivity contribution is 0.283. The van der Waals surface area contributed by atoms with Gasteiger partial charge in [-0.2, -0.15) is 0 Å². The van der Waals surface area contributed by atoms with E-state index < -0.39 is 17.2 Å². The van der Waals surface area contributed by atoms with E-state index in [0.29, 0.717) is 17.2 Å². The Morgan fingerprint density at radius 1 is 0.357 bits per heavy atom. The van der Waals surface area contributed by atoms with Crippen LogP contribution in [0.2, 0.25) is 0 Å². The average molecular weight is 1020 g/mol. The zero-order valence-corrected chi connectivity index (χ0v) is 47.3. The quantitative estimate of drug-likeness (QED) is 0.119. The predicted molar refractivity (Wildman–Crippen MR) is 295 cm³/mol. The van der Waals surface area contributed by atoms with Gasteiger partial charge in [-0.1, -0.05) is 194 Å². The van der Waals surface area contributed by atoms with Crippen LogP contribution in [0.5, 0.6) is 34.5 Å². The molecule has 8 rings (SSSR count). The third-order valence-electron chi connectivity index (χ3n) is 12.5. The maximum atomic E-state index is 7.00. The topological polar surface area (TPSA) is 55.4 Å². The van der Waals surface area contributed by atoms with Gasteiger partial charge in [0.15, 0.2) is 0 Å². The second-order valence-corrected chi connectivity index (χ2v) is 28.6. The van der Waals surface area contributed by atoms with Gasteiger partial charge in [0.05, 0.1) is 19.6 Å². The molecule has 0 fully saturated rings. The van der Waals surface area contributed by atoms with E-state index in [0.717, 1.165) is 67.2 Å². The van der Waals surface area contributed by atoms with Crippen molar-refractivity contribution in [3.8, 4) is 45.6 Å². The van der Waals surface area contributed by atoms with Gasteiger partial charge in [-0.15, -0.1) is 0 Å². The van der Waals surface area contributed by atoms with E-state index in [1.807, 2.05) is 66.7 Å². The molecule has 6 nitrogen and oxygen atoms in total. The summed E-state index contributed by atoms with van der Waals surface area (Å²) in [6.45, 7) is 34.7. The maximum Gasteiger partial charge on any atom is 0.530 e. The van der Waals surface area contributed by atoms with Crippen molar-refractivity contribution in [3.05, 3.63) is 144 Å². The third kappa shape index (κ3) is 12.8. The van der Waals surface area contributed by atoms with Crippen molar-refractivity contribution >= 4 is 40.7 Å². The van der Waals surface area contributed by atoms with Crippen molar-refractivity contribution in [1.29, 1.82) is 0 Å². The lowest BCUT2D eigenvalue weighted by Crippen LogP contribution is -2.25. The Labute approximate surface area is 430 Å². The van der Waals surface area contributed by atoms with Gasteiger partial charge in [0.2, 0.25) is 0 Å². The largest absolute Gasteiger partial charge is 0.530 e. The zero-order chi connectivity index (χ0) is 50.4. The Morgan fingerprint density at radius 3 is 1.14 bits per heavy atom. The van der Waals surface area contributed by atoms with E-state index in [1.165, 1.54) is 16.7 Å². The smallest absolute Gasteiger partial charge is 0.408 e. The highest BCUT2D eigenvalue weighted by atomic mass is 32.2. The molecule has 2 aliphatic heterocycles. The number of hydrogen-bond donors (Lipinski definition) is 0. The van der Waals surface area contributed by atoms with E-state index in [2.05, 4.69) is 165 Å². The Kier molecular flexibility index (Phi) is 14.8. The molecule has 2 atom stereocenters. The first-order chi connectivity index (χ1) is 32.7. The Balaban J connectivity index is 1.14. The summed E-state index contributed by atoms with van der Waals surface area (Å²) in [5.41, 5.74) is 5.63. The minimum absolute atomic E-state index is 0.0421. The van der Waals surface area contributed by atoms with E-state index in [4.69, 9.17) is 27.1 Å². The summed E-state index contributed by atoms with van der Waals surface area (Å²) in [7, 11) is -3.98. The molecule has 2 unspecified atom stereocenters. The molecule has 0 N–H and O–H groups in total. The maximum absolute atomic E-state index is 7.00. The summed E-state index contributed by atoms with van der Waals surface area (Å²) in [6.07, 6.45) is 3.07. The van der Waals surface area contributed by atoms with Gasteiger partial charge in [-0.25, -0.2) is 0 Å². The second kappa shape index (κ2) is 19.9. The van der Waals surface area contributed by atoms with Crippen molar-refractivity contribution in [2.75, 3.05) is 0 Å². The number of rotatable bonds is 11. The number of benzene rings is 6. The van der Waals surface area contributed by atoms with Crippen LogP contribution in [-0.2, 0) is 16.2 Å². The minimum Gasteiger partial charge on any atom is -0.408 e. The highest BCUT2D eigenvalue weighted by Gasteiger charge is 2.35. The van der Waals surface area contributed by atoms with Crippen LogP contribution in [0.4, 0.5) is 0 Å². The first-order valence-corrected chi connectivity index (χ1v) is 28.3. The van der Waals surface area contributed by atoms with Crippen molar-refractivity contribution in [2.45, 2.75) is 159 Å². The van der Waals surface area contributed by atoms with Gasteiger partial charge in [0, 0.05) is 11.1 Å². The SMILES string of the molecule is CC(C)(C)CC(C)(C)c1ccc2c(c1)OP(Oc1ccccc1-c1ccccc1OP1Oc3ccccc3Sc3cc(C(C)(C)CC(C)(C)C)ccc3O1)Oc1ccc(C(C)(C)CC(C)(C)C)cc1S2. The molecular weight excluding hydrogens is 943 g/mol. The number of fused-ring (bicyclic) bond motifs is 4. The molecule has 0 spiro atoms. The molecule has 0 saturated carbocycles. The van der Waals surface area contributed by atoms with Crippen molar-refractivity contribution < 1.29 is 27.1 Å². The van der Waals surface area contributed by atoms with E-state index in [1.54, 1.807) is 23.5 Å². The fraction of sp³-hybridized carbons (Fsp3) is 0.400. The Morgan fingerprint density at radius 2 is 0.700 bits per heavy atom. The number of para-hydroxylation sites is 3. The highest BCUT2D eigenvalue weighted by molar-refractivity contribution is 7.99. The van der Waals surface area contributed by atoms with Crippen LogP contribution in [0.1, 0.15) is 140 Å². The van der Waals surface area contributed by atoms with Gasteiger partial charge < -0.3 is 27.1 Å². The molecule has 0 amide bonds. The van der Waals surface area contributed by atoms with Crippen molar-refractivity contribution in [3.63, 3.8) is 0 Å². The fourth-order valence-corrected chi connectivity index (χ4v) is 14.9. The van der Waals surface area contributed by atoms with Crippen LogP contribution >= 0.6 is 40.7 Å². The monoisotopic (exact) mass is 1010 g/mol. The molecule has 10 heteroatoms. The first-order valence-electron chi connectivity index (χ1n) is 24.5. The van der Waals surface area contributed by atoms with Crippen LogP contribution in [-0.4, -0.2) is 0 Å². The molecule has 2 heterocycles. The van der Waals surface area contributed by atoms with Crippen LogP contribution in [0.25, 0.3) is 11.1 Å². The molecule has 0 aliphatic carbocycles. The van der Waals surface area contributed by atoms with Gasteiger partial charge in [-0.05, 0) is 129 Å². The predicted octanol–water partition coefficient (Wildman–Crippen LogP) is 20.0. The molecule has 0 bridgehead atoms. The molecule has 0 radical (unpaired) electrons. The molecule has 2 aliphatic rings. The third-order valence-corrected chi connectivity index (χ3v) is 16.7. The van der Waals surface area contributed by atoms with E-state index in [-0.39, 0.29) is 32.5 Å². The molecule has 6 aromatic rings. The fourth-order valence-electron chi connectivity index (χ4n) is 10.5. The summed E-state index contributed by atoms with van der Waals surface area (Å²) in [5.74, 6) is 4.08. The molecule has 0 saturated heterocycles. The summed E-state index contributed by atoms with van der Waals surface area (Å²) in [5, 5.41) is 0. The van der Waals surface area contributed by atoms with Crippen LogP contribution in [0, 0.1) is 16.2 Å². The second-order valence-electron chi connectivity index (χ2n) is 24.5. The Hall–Kier alpha value is -4.32. The summed E-state index contributed by atoms with van der Waals surface area (Å²) < 4.78 is 41.1. The average Bonchev–Trinajstić information content (AvgIpc) is 3.22.